The third-order valence-corrected chi connectivity index (χ3v) is 6.69. The van der Waals surface area contributed by atoms with Crippen molar-refractivity contribution in [1.82, 2.24) is 14.9 Å². The van der Waals surface area contributed by atoms with E-state index in [1.807, 2.05) is 24.3 Å². The van der Waals surface area contributed by atoms with Crippen LogP contribution in [-0.4, -0.2) is 64.7 Å². The Labute approximate surface area is 188 Å². The second-order valence-electron chi connectivity index (χ2n) is 8.05. The zero-order chi connectivity index (χ0) is 23.5. The molecule has 0 saturated carbocycles. The molecular formula is C23H28N4O4S. The van der Waals surface area contributed by atoms with Gasteiger partial charge < -0.3 is 25.0 Å². The third-order valence-electron chi connectivity index (χ3n) is 5.00. The molecule has 3 aromatic rings. The first-order valence-corrected chi connectivity index (χ1v) is 12.7. The molecule has 2 amide bonds. The number of nitrogens with zero attached hydrogens (tertiary/aromatic N) is 2. The summed E-state index contributed by atoms with van der Waals surface area (Å²) >= 11 is 0. The Morgan fingerprint density at radius 1 is 1.09 bits per heavy atom. The summed E-state index contributed by atoms with van der Waals surface area (Å²) in [5.41, 5.74) is 1.25. The number of methoxy groups -OCH3 is 1. The van der Waals surface area contributed by atoms with Crippen molar-refractivity contribution >= 4 is 27.5 Å². The molecule has 0 fully saturated rings. The molecule has 1 heterocycles. The molecule has 3 rings (SSSR count). The maximum atomic E-state index is 13.3. The van der Waals surface area contributed by atoms with Gasteiger partial charge in [-0.3, -0.25) is 9.59 Å². The summed E-state index contributed by atoms with van der Waals surface area (Å²) < 4.78 is 5.20. The molecule has 0 saturated heterocycles. The molecule has 0 spiro atoms. The van der Waals surface area contributed by atoms with Crippen molar-refractivity contribution in [1.29, 1.82) is 0 Å². The fourth-order valence-corrected chi connectivity index (χ4v) is 4.17. The lowest BCUT2D eigenvalue weighted by Gasteiger charge is -2.28. The van der Waals surface area contributed by atoms with Gasteiger partial charge in [0.15, 0.2) is 0 Å². The van der Waals surface area contributed by atoms with Gasteiger partial charge in [-0.2, -0.15) is 4.98 Å². The molecule has 9 heteroatoms. The first kappa shape index (κ1) is 23.2. The molecule has 1 aromatic heterocycles. The number of anilines is 1. The number of aromatic amines is 1. The van der Waals surface area contributed by atoms with E-state index in [0.29, 0.717) is 17.0 Å². The van der Waals surface area contributed by atoms with Gasteiger partial charge in [0, 0.05) is 18.9 Å². The van der Waals surface area contributed by atoms with Crippen LogP contribution in [-0.2, 0) is 4.79 Å². The van der Waals surface area contributed by atoms with Gasteiger partial charge in [-0.05, 0) is 65.6 Å². The molecule has 2 aromatic carbocycles. The van der Waals surface area contributed by atoms with Crippen molar-refractivity contribution in [3.8, 4) is 11.8 Å². The number of ether oxygens (including phenoxy) is 1. The van der Waals surface area contributed by atoms with Crippen LogP contribution < -0.4 is 10.1 Å². The number of hydrogen-bond acceptors (Lipinski definition) is 5. The number of nitrogens with one attached hydrogen (secondary N) is 2. The minimum absolute atomic E-state index is 0.00816. The minimum atomic E-state index is -0.930. The Balaban J connectivity index is 1.90. The maximum absolute atomic E-state index is 13.3. The van der Waals surface area contributed by atoms with Crippen LogP contribution in [0.15, 0.2) is 59.6 Å². The first-order valence-electron chi connectivity index (χ1n) is 9.85. The smallest absolute Gasteiger partial charge is 0.291 e. The van der Waals surface area contributed by atoms with E-state index in [1.165, 1.54) is 23.0 Å². The van der Waals surface area contributed by atoms with Crippen molar-refractivity contribution in [2.75, 3.05) is 38.2 Å². The number of carbonyl (C=O) groups is 2. The Bertz CT molecular complexity index is 1090. The molecule has 0 aliphatic carbocycles. The highest BCUT2D eigenvalue weighted by atomic mass is 32.3. The molecule has 170 valence electrons. The van der Waals surface area contributed by atoms with Crippen molar-refractivity contribution in [3.63, 3.8) is 0 Å². The lowest BCUT2D eigenvalue weighted by Crippen LogP contribution is -2.38. The number of likely N-dealkylation sites (N-methyl/N-ethyl adjacent to an activating group) is 1. The van der Waals surface area contributed by atoms with Crippen LogP contribution in [0.25, 0.3) is 0 Å². The fraction of sp³-hybridized carbons (Fsp3) is 0.261. The van der Waals surface area contributed by atoms with E-state index in [4.69, 9.17) is 4.74 Å². The Morgan fingerprint density at radius 2 is 1.72 bits per heavy atom. The molecule has 0 aliphatic heterocycles. The summed E-state index contributed by atoms with van der Waals surface area (Å²) in [7, 11) is 2.20. The van der Waals surface area contributed by atoms with Crippen molar-refractivity contribution in [3.05, 3.63) is 66.0 Å². The highest BCUT2D eigenvalue weighted by molar-refractivity contribution is 8.32. The molecule has 0 bridgehead atoms. The van der Waals surface area contributed by atoms with Gasteiger partial charge in [-0.15, -0.1) is 0 Å². The highest BCUT2D eigenvalue weighted by Gasteiger charge is 2.30. The molecule has 3 N–H and O–H groups in total. The predicted molar refractivity (Wildman–Crippen MR) is 127 cm³/mol. The van der Waals surface area contributed by atoms with Crippen LogP contribution >= 0.6 is 10.0 Å². The maximum Gasteiger partial charge on any atom is 0.291 e. The standard InChI is InChI=1S/C23H28N4O4S/c1-27(22(29)19-14-24-23(30)26-19)20(15-6-10-17(31-2)11-7-15)21(28)25-16-8-12-18(13-9-16)32(3,4)5/h6-14,20H,1-5H3,(H,25,28)(H2,24,26,30). The lowest BCUT2D eigenvalue weighted by atomic mass is 10.0. The van der Waals surface area contributed by atoms with Crippen LogP contribution in [0.1, 0.15) is 22.1 Å². The summed E-state index contributed by atoms with van der Waals surface area (Å²) in [6.45, 7) is 0. The number of benzene rings is 2. The van der Waals surface area contributed by atoms with Crippen LogP contribution in [0.5, 0.6) is 11.8 Å². The normalized spacial score (nSPS) is 12.7. The average Bonchev–Trinajstić information content (AvgIpc) is 3.19. The van der Waals surface area contributed by atoms with Gasteiger partial charge in [0.25, 0.3) is 17.8 Å². The van der Waals surface area contributed by atoms with Gasteiger partial charge >= 0.3 is 0 Å². The molecule has 8 nitrogen and oxygen atoms in total. The second-order valence-corrected chi connectivity index (χ2v) is 12.2. The number of imidazole rings is 1. The largest absolute Gasteiger partial charge is 0.497 e. The Kier molecular flexibility index (Phi) is 6.78. The minimum Gasteiger partial charge on any atom is -0.497 e. The monoisotopic (exact) mass is 456 g/mol. The van der Waals surface area contributed by atoms with Gasteiger partial charge in [0.2, 0.25) is 0 Å². The molecule has 0 aliphatic rings. The summed E-state index contributed by atoms with van der Waals surface area (Å²) in [6, 6.07) is 13.4. The molecule has 1 atom stereocenters. The van der Waals surface area contributed by atoms with E-state index in [2.05, 4.69) is 34.1 Å². The van der Waals surface area contributed by atoms with Gasteiger partial charge in [0.05, 0.1) is 7.11 Å². The van der Waals surface area contributed by atoms with Crippen molar-refractivity contribution < 1.29 is 19.4 Å². The van der Waals surface area contributed by atoms with Gasteiger partial charge in [0.1, 0.15) is 17.5 Å². The molecular weight excluding hydrogens is 428 g/mol. The number of aromatic nitrogens is 2. The first-order chi connectivity index (χ1) is 15.1. The number of aromatic hydroxyl groups is 1. The Morgan fingerprint density at radius 3 is 2.22 bits per heavy atom. The summed E-state index contributed by atoms with van der Waals surface area (Å²) in [5.74, 6) is -0.245. The summed E-state index contributed by atoms with van der Waals surface area (Å²) in [5, 5.41) is 12.4. The third kappa shape index (κ3) is 5.23. The van der Waals surface area contributed by atoms with E-state index in [9.17, 15) is 14.7 Å². The number of H-pyrrole nitrogens is 1. The molecule has 32 heavy (non-hydrogen) atoms. The lowest BCUT2D eigenvalue weighted by molar-refractivity contribution is -0.120. The fourth-order valence-electron chi connectivity index (χ4n) is 3.21. The number of carbonyl (C=O) groups excluding carboxylic acids is 2. The predicted octanol–water partition coefficient (Wildman–Crippen LogP) is 3.63. The van der Waals surface area contributed by atoms with Gasteiger partial charge in [-0.25, -0.2) is 10.0 Å². The number of amides is 2. The van der Waals surface area contributed by atoms with E-state index < -0.39 is 22.0 Å². The van der Waals surface area contributed by atoms with Gasteiger partial charge in [-0.1, -0.05) is 12.1 Å². The van der Waals surface area contributed by atoms with E-state index in [1.54, 1.807) is 31.4 Å². The van der Waals surface area contributed by atoms with Crippen LogP contribution in [0.3, 0.4) is 0 Å². The molecule has 1 unspecified atom stereocenters. The van der Waals surface area contributed by atoms with Crippen LogP contribution in [0.2, 0.25) is 0 Å². The zero-order valence-electron chi connectivity index (χ0n) is 18.7. The summed E-state index contributed by atoms with van der Waals surface area (Å²) in [6.07, 6.45) is 7.90. The zero-order valence-corrected chi connectivity index (χ0v) is 19.6. The summed E-state index contributed by atoms with van der Waals surface area (Å²) in [4.78, 5) is 35.0. The number of hydrogen-bond donors (Lipinski definition) is 3. The van der Waals surface area contributed by atoms with Crippen LogP contribution in [0.4, 0.5) is 5.69 Å². The Hall–Kier alpha value is -3.46. The average molecular weight is 457 g/mol. The quantitative estimate of drug-likeness (QED) is 0.503. The van der Waals surface area contributed by atoms with Crippen molar-refractivity contribution in [2.45, 2.75) is 10.9 Å². The topological polar surface area (TPSA) is 108 Å². The van der Waals surface area contributed by atoms with E-state index in [-0.39, 0.29) is 17.6 Å². The van der Waals surface area contributed by atoms with E-state index in [0.717, 1.165) is 0 Å². The van der Waals surface area contributed by atoms with Crippen molar-refractivity contribution in [2.24, 2.45) is 0 Å². The number of rotatable bonds is 7. The van der Waals surface area contributed by atoms with Crippen LogP contribution in [0, 0.1) is 0 Å². The van der Waals surface area contributed by atoms with E-state index >= 15 is 0 Å². The SMILES string of the molecule is COc1ccc(C(C(=O)Nc2ccc(S(C)(C)C)cc2)N(C)C(=O)c2c[nH]c(O)n2)cc1. The second kappa shape index (κ2) is 9.35. The molecule has 0 radical (unpaired) electrons. The highest BCUT2D eigenvalue weighted by Crippen LogP contribution is 2.45.